The minimum absolute atomic E-state index is 0.401. The molecule has 1 N–H and O–H groups in total. The summed E-state index contributed by atoms with van der Waals surface area (Å²) in [5.74, 6) is 0.856. The summed E-state index contributed by atoms with van der Waals surface area (Å²) >= 11 is 0. The zero-order valence-corrected chi connectivity index (χ0v) is 18.6. The van der Waals surface area contributed by atoms with Crippen LogP contribution in [0.1, 0.15) is 102 Å². The Labute approximate surface area is 173 Å². The van der Waals surface area contributed by atoms with E-state index in [4.69, 9.17) is 0 Å². The van der Waals surface area contributed by atoms with Gasteiger partial charge >= 0.3 is 0 Å². The van der Waals surface area contributed by atoms with E-state index < -0.39 is 0 Å². The molecule has 0 spiro atoms. The van der Waals surface area contributed by atoms with E-state index >= 15 is 0 Å². The number of hydrogen-bond donors (Lipinski definition) is 1. The van der Waals surface area contributed by atoms with Gasteiger partial charge < -0.3 is 5.11 Å². The molecule has 2 rings (SSSR count). The SMILES string of the molecule is CCCCCCCc1c(CCCCC)cc(O)c(-c2ccccc2)c1C(C)C. The molecule has 2 aromatic carbocycles. The molecule has 28 heavy (non-hydrogen) atoms. The van der Waals surface area contributed by atoms with Crippen LogP contribution in [0.2, 0.25) is 0 Å². The van der Waals surface area contributed by atoms with Gasteiger partial charge in [-0.1, -0.05) is 96.6 Å². The summed E-state index contributed by atoms with van der Waals surface area (Å²) in [7, 11) is 0. The molecule has 0 radical (unpaired) electrons. The summed E-state index contributed by atoms with van der Waals surface area (Å²) in [6.45, 7) is 9.08. The van der Waals surface area contributed by atoms with E-state index in [1.165, 1.54) is 68.1 Å². The second-order valence-corrected chi connectivity index (χ2v) is 8.46. The molecule has 0 heterocycles. The van der Waals surface area contributed by atoms with E-state index in [-0.39, 0.29) is 0 Å². The smallest absolute Gasteiger partial charge is 0.123 e. The highest BCUT2D eigenvalue weighted by Gasteiger charge is 2.20. The van der Waals surface area contributed by atoms with Crippen molar-refractivity contribution in [3.05, 3.63) is 53.1 Å². The van der Waals surface area contributed by atoms with Crippen LogP contribution in [0.5, 0.6) is 5.75 Å². The van der Waals surface area contributed by atoms with Crippen LogP contribution in [-0.4, -0.2) is 5.11 Å². The molecule has 0 fully saturated rings. The molecule has 0 aliphatic heterocycles. The number of aryl methyl sites for hydroxylation is 1. The maximum absolute atomic E-state index is 11.0. The van der Waals surface area contributed by atoms with Gasteiger partial charge in [0, 0.05) is 5.56 Å². The van der Waals surface area contributed by atoms with E-state index in [1.807, 2.05) is 6.07 Å². The standard InChI is InChI=1S/C27H40O/c1-5-7-9-10-15-19-24-23(18-12-8-6-2)20-25(28)27(26(24)21(3)4)22-16-13-11-14-17-22/h11,13-14,16-17,20-21,28H,5-10,12,15,18-19H2,1-4H3. The number of benzene rings is 2. The Bertz CT molecular complexity index is 700. The van der Waals surface area contributed by atoms with Gasteiger partial charge in [-0.2, -0.15) is 0 Å². The van der Waals surface area contributed by atoms with Gasteiger partial charge in [-0.3, -0.25) is 0 Å². The van der Waals surface area contributed by atoms with Gasteiger partial charge in [-0.05, 0) is 59.9 Å². The van der Waals surface area contributed by atoms with Crippen LogP contribution >= 0.6 is 0 Å². The zero-order chi connectivity index (χ0) is 20.4. The average molecular weight is 381 g/mol. The van der Waals surface area contributed by atoms with Gasteiger partial charge in [0.25, 0.3) is 0 Å². The highest BCUT2D eigenvalue weighted by Crippen LogP contribution is 2.41. The first-order chi connectivity index (χ1) is 13.6. The molecular weight excluding hydrogens is 340 g/mol. The minimum Gasteiger partial charge on any atom is -0.507 e. The summed E-state index contributed by atoms with van der Waals surface area (Å²) in [5.41, 5.74) is 6.45. The van der Waals surface area contributed by atoms with Crippen molar-refractivity contribution < 1.29 is 5.11 Å². The summed E-state index contributed by atoms with van der Waals surface area (Å²) < 4.78 is 0. The van der Waals surface area contributed by atoms with Gasteiger partial charge in [0.2, 0.25) is 0 Å². The molecule has 2 aromatic rings. The monoisotopic (exact) mass is 380 g/mol. The van der Waals surface area contributed by atoms with Crippen molar-refractivity contribution in [1.82, 2.24) is 0 Å². The molecule has 154 valence electrons. The Hall–Kier alpha value is -1.76. The zero-order valence-electron chi connectivity index (χ0n) is 18.6. The fourth-order valence-corrected chi connectivity index (χ4v) is 4.32. The molecule has 0 atom stereocenters. The third-order valence-electron chi connectivity index (χ3n) is 5.77. The first-order valence-electron chi connectivity index (χ1n) is 11.5. The molecule has 0 aromatic heterocycles. The van der Waals surface area contributed by atoms with Crippen LogP contribution in [0.15, 0.2) is 36.4 Å². The van der Waals surface area contributed by atoms with Gasteiger partial charge in [-0.15, -0.1) is 0 Å². The lowest BCUT2D eigenvalue weighted by Crippen LogP contribution is -2.06. The second kappa shape index (κ2) is 11.9. The van der Waals surface area contributed by atoms with Crippen LogP contribution in [-0.2, 0) is 12.8 Å². The number of rotatable bonds is 12. The lowest BCUT2D eigenvalue weighted by atomic mass is 9.82. The molecular formula is C27H40O. The van der Waals surface area contributed by atoms with Gasteiger partial charge in [0.05, 0.1) is 0 Å². The molecule has 0 unspecified atom stereocenters. The van der Waals surface area contributed by atoms with Crippen molar-refractivity contribution in [3.8, 4) is 16.9 Å². The van der Waals surface area contributed by atoms with Crippen LogP contribution in [0.25, 0.3) is 11.1 Å². The van der Waals surface area contributed by atoms with Crippen LogP contribution in [0.4, 0.5) is 0 Å². The predicted octanol–water partition coefficient (Wildman–Crippen LogP) is 8.43. The fourth-order valence-electron chi connectivity index (χ4n) is 4.32. The molecule has 1 heteroatoms. The lowest BCUT2D eigenvalue weighted by Gasteiger charge is -2.23. The Balaban J connectivity index is 2.45. The summed E-state index contributed by atoms with van der Waals surface area (Å²) in [4.78, 5) is 0. The first kappa shape index (κ1) is 22.5. The third kappa shape index (κ3) is 6.12. The van der Waals surface area contributed by atoms with Crippen molar-refractivity contribution in [2.24, 2.45) is 0 Å². The quantitative estimate of drug-likeness (QED) is 0.366. The highest BCUT2D eigenvalue weighted by molar-refractivity contribution is 5.76. The van der Waals surface area contributed by atoms with Crippen molar-refractivity contribution in [1.29, 1.82) is 0 Å². The number of phenols is 1. The van der Waals surface area contributed by atoms with Crippen molar-refractivity contribution in [2.45, 2.75) is 97.8 Å². The Morgan fingerprint density at radius 1 is 0.786 bits per heavy atom. The Morgan fingerprint density at radius 3 is 2.04 bits per heavy atom. The van der Waals surface area contributed by atoms with E-state index in [0.717, 1.165) is 24.0 Å². The van der Waals surface area contributed by atoms with Gasteiger partial charge in [0.15, 0.2) is 0 Å². The highest BCUT2D eigenvalue weighted by atomic mass is 16.3. The summed E-state index contributed by atoms with van der Waals surface area (Å²) in [6.07, 6.45) is 12.4. The first-order valence-corrected chi connectivity index (χ1v) is 11.5. The molecule has 0 saturated heterocycles. The van der Waals surface area contributed by atoms with Crippen molar-refractivity contribution in [2.75, 3.05) is 0 Å². The minimum atomic E-state index is 0.401. The lowest BCUT2D eigenvalue weighted by molar-refractivity contribution is 0.474. The molecule has 0 bridgehead atoms. The second-order valence-electron chi connectivity index (χ2n) is 8.46. The van der Waals surface area contributed by atoms with Gasteiger partial charge in [-0.25, -0.2) is 0 Å². The fraction of sp³-hybridized carbons (Fsp3) is 0.556. The molecule has 0 aliphatic rings. The maximum atomic E-state index is 11.0. The molecule has 0 saturated carbocycles. The topological polar surface area (TPSA) is 20.2 Å². The van der Waals surface area contributed by atoms with Crippen LogP contribution in [0, 0.1) is 0 Å². The molecule has 0 amide bonds. The largest absolute Gasteiger partial charge is 0.507 e. The average Bonchev–Trinajstić information content (AvgIpc) is 2.69. The maximum Gasteiger partial charge on any atom is 0.123 e. The van der Waals surface area contributed by atoms with E-state index in [9.17, 15) is 5.11 Å². The Kier molecular flexibility index (Phi) is 9.61. The van der Waals surface area contributed by atoms with Crippen molar-refractivity contribution in [3.63, 3.8) is 0 Å². The molecule has 0 aliphatic carbocycles. The van der Waals surface area contributed by atoms with E-state index in [0.29, 0.717) is 11.7 Å². The third-order valence-corrected chi connectivity index (χ3v) is 5.77. The summed E-state index contributed by atoms with van der Waals surface area (Å²) in [6, 6.07) is 12.5. The van der Waals surface area contributed by atoms with Crippen LogP contribution in [0.3, 0.4) is 0 Å². The summed E-state index contributed by atoms with van der Waals surface area (Å²) in [5, 5.41) is 11.0. The number of aromatic hydroxyl groups is 1. The normalized spacial score (nSPS) is 11.3. The van der Waals surface area contributed by atoms with Gasteiger partial charge in [0.1, 0.15) is 5.75 Å². The van der Waals surface area contributed by atoms with Crippen molar-refractivity contribution >= 4 is 0 Å². The molecule has 1 nitrogen and oxygen atoms in total. The predicted molar refractivity (Wildman–Crippen MR) is 123 cm³/mol. The number of hydrogen-bond acceptors (Lipinski definition) is 1. The van der Waals surface area contributed by atoms with E-state index in [1.54, 1.807) is 0 Å². The van der Waals surface area contributed by atoms with E-state index in [2.05, 4.69) is 58.0 Å². The Morgan fingerprint density at radius 2 is 1.39 bits per heavy atom. The number of phenolic OH excluding ortho intramolecular Hbond substituents is 1. The number of unbranched alkanes of at least 4 members (excludes halogenated alkanes) is 6. The van der Waals surface area contributed by atoms with Crippen LogP contribution < -0.4 is 0 Å².